The van der Waals surface area contributed by atoms with Crippen LogP contribution in [-0.2, 0) is 0 Å². The summed E-state index contributed by atoms with van der Waals surface area (Å²) < 4.78 is 1.81. The molecular formula is C19H23Br2N5O. The van der Waals surface area contributed by atoms with Crippen molar-refractivity contribution in [3.05, 3.63) is 44.7 Å². The minimum Gasteiger partial charge on any atom is -0.353 e. The zero-order chi connectivity index (χ0) is 19.6. The zero-order valence-electron chi connectivity index (χ0n) is 15.7. The lowest BCUT2D eigenvalue weighted by molar-refractivity contribution is 0.208. The SMILES string of the molecule is Cc1cc(N2CCN(C(=O)Nc3ccc(Br)cc3Br)CC2)nc(C(C)C)n1. The minimum absolute atomic E-state index is 0.0839. The Hall–Kier alpha value is -1.67. The Morgan fingerprint density at radius 3 is 2.44 bits per heavy atom. The first-order chi connectivity index (χ1) is 12.8. The highest BCUT2D eigenvalue weighted by atomic mass is 79.9. The summed E-state index contributed by atoms with van der Waals surface area (Å²) in [6.07, 6.45) is 0. The number of anilines is 2. The molecule has 27 heavy (non-hydrogen) atoms. The van der Waals surface area contributed by atoms with Gasteiger partial charge in [-0.15, -0.1) is 0 Å². The molecule has 6 nitrogen and oxygen atoms in total. The lowest BCUT2D eigenvalue weighted by atomic mass is 10.2. The molecular weight excluding hydrogens is 474 g/mol. The second kappa shape index (κ2) is 8.56. The van der Waals surface area contributed by atoms with Gasteiger partial charge in [-0.25, -0.2) is 14.8 Å². The average Bonchev–Trinajstić information content (AvgIpc) is 2.63. The standard InChI is InChI=1S/C19H23Br2N5O/c1-12(2)18-22-13(3)10-17(24-18)25-6-8-26(9-7-25)19(27)23-16-5-4-14(20)11-15(16)21/h4-5,10-12H,6-9H2,1-3H3,(H,23,27). The third-order valence-electron chi connectivity index (χ3n) is 4.44. The van der Waals surface area contributed by atoms with E-state index in [2.05, 4.69) is 60.9 Å². The molecule has 0 atom stereocenters. The molecule has 0 radical (unpaired) electrons. The van der Waals surface area contributed by atoms with Gasteiger partial charge in [0, 0.05) is 52.8 Å². The van der Waals surface area contributed by atoms with E-state index >= 15 is 0 Å². The van der Waals surface area contributed by atoms with Crippen molar-refractivity contribution in [2.45, 2.75) is 26.7 Å². The Morgan fingerprint density at radius 1 is 1.11 bits per heavy atom. The molecule has 2 heterocycles. The fourth-order valence-electron chi connectivity index (χ4n) is 2.92. The fourth-order valence-corrected chi connectivity index (χ4v) is 4.06. The quantitative estimate of drug-likeness (QED) is 0.663. The Balaban J connectivity index is 1.62. The van der Waals surface area contributed by atoms with E-state index in [1.54, 1.807) is 0 Å². The summed E-state index contributed by atoms with van der Waals surface area (Å²) in [5.41, 5.74) is 1.74. The number of rotatable bonds is 3. The monoisotopic (exact) mass is 495 g/mol. The number of aromatic nitrogens is 2. The summed E-state index contributed by atoms with van der Waals surface area (Å²) >= 11 is 6.90. The van der Waals surface area contributed by atoms with Crippen LogP contribution in [0.15, 0.2) is 33.2 Å². The molecule has 0 saturated carbocycles. The van der Waals surface area contributed by atoms with Crippen LogP contribution in [0.3, 0.4) is 0 Å². The summed E-state index contributed by atoms with van der Waals surface area (Å²) in [7, 11) is 0. The summed E-state index contributed by atoms with van der Waals surface area (Å²) in [5.74, 6) is 2.10. The molecule has 0 spiro atoms. The molecule has 2 aromatic rings. The highest BCUT2D eigenvalue weighted by Crippen LogP contribution is 2.26. The Labute approximate surface area is 176 Å². The van der Waals surface area contributed by atoms with Crippen molar-refractivity contribution in [2.24, 2.45) is 0 Å². The number of amides is 2. The van der Waals surface area contributed by atoms with Crippen LogP contribution in [-0.4, -0.2) is 47.1 Å². The van der Waals surface area contributed by atoms with Crippen LogP contribution in [0.1, 0.15) is 31.3 Å². The smallest absolute Gasteiger partial charge is 0.321 e. The van der Waals surface area contributed by atoms with Gasteiger partial charge in [-0.2, -0.15) is 0 Å². The van der Waals surface area contributed by atoms with Crippen molar-refractivity contribution in [1.82, 2.24) is 14.9 Å². The number of urea groups is 1. The van der Waals surface area contributed by atoms with E-state index in [4.69, 9.17) is 4.98 Å². The molecule has 0 unspecified atom stereocenters. The number of carbonyl (C=O) groups excluding carboxylic acids is 1. The Kier molecular flexibility index (Phi) is 6.37. The van der Waals surface area contributed by atoms with Gasteiger partial charge in [0.1, 0.15) is 11.6 Å². The number of piperazine rings is 1. The number of benzene rings is 1. The maximum Gasteiger partial charge on any atom is 0.321 e. The Morgan fingerprint density at radius 2 is 1.81 bits per heavy atom. The first-order valence-electron chi connectivity index (χ1n) is 8.95. The fraction of sp³-hybridized carbons (Fsp3) is 0.421. The molecule has 1 N–H and O–H groups in total. The van der Waals surface area contributed by atoms with Gasteiger partial charge in [0.2, 0.25) is 0 Å². The van der Waals surface area contributed by atoms with Crippen LogP contribution in [0, 0.1) is 6.92 Å². The van der Waals surface area contributed by atoms with Crippen LogP contribution in [0.5, 0.6) is 0 Å². The van der Waals surface area contributed by atoms with Gasteiger partial charge < -0.3 is 15.1 Å². The summed E-state index contributed by atoms with van der Waals surface area (Å²) in [6.45, 7) is 9.00. The molecule has 1 aliphatic rings. The van der Waals surface area contributed by atoms with Crippen LogP contribution in [0.25, 0.3) is 0 Å². The predicted octanol–water partition coefficient (Wildman–Crippen LogP) is 4.79. The molecule has 1 aromatic carbocycles. The first kappa shape index (κ1) is 20.1. The maximum atomic E-state index is 12.6. The van der Waals surface area contributed by atoms with E-state index in [1.807, 2.05) is 36.1 Å². The topological polar surface area (TPSA) is 61.4 Å². The normalized spacial score (nSPS) is 14.6. The van der Waals surface area contributed by atoms with Gasteiger partial charge >= 0.3 is 6.03 Å². The number of nitrogens with zero attached hydrogens (tertiary/aromatic N) is 4. The predicted molar refractivity (Wildman–Crippen MR) is 116 cm³/mol. The number of carbonyl (C=O) groups is 1. The number of hydrogen-bond donors (Lipinski definition) is 1. The second-order valence-corrected chi connectivity index (χ2v) is 8.68. The molecule has 3 rings (SSSR count). The second-order valence-electron chi connectivity index (χ2n) is 6.91. The van der Waals surface area contributed by atoms with Crippen molar-refractivity contribution in [3.8, 4) is 0 Å². The third kappa shape index (κ3) is 4.99. The summed E-state index contributed by atoms with van der Waals surface area (Å²) in [6, 6.07) is 7.62. The molecule has 1 fully saturated rings. The third-order valence-corrected chi connectivity index (χ3v) is 5.59. The van der Waals surface area contributed by atoms with Gasteiger partial charge in [-0.05, 0) is 41.1 Å². The van der Waals surface area contributed by atoms with Gasteiger partial charge in [-0.3, -0.25) is 0 Å². The lowest BCUT2D eigenvalue weighted by Crippen LogP contribution is -2.50. The number of halogens is 2. The Bertz CT molecular complexity index is 835. The zero-order valence-corrected chi connectivity index (χ0v) is 18.8. The van der Waals surface area contributed by atoms with Crippen molar-refractivity contribution in [3.63, 3.8) is 0 Å². The summed E-state index contributed by atoms with van der Waals surface area (Å²) in [5, 5.41) is 2.97. The molecule has 1 aliphatic heterocycles. The highest BCUT2D eigenvalue weighted by molar-refractivity contribution is 9.11. The van der Waals surface area contributed by atoms with Crippen LogP contribution in [0.2, 0.25) is 0 Å². The molecule has 144 valence electrons. The van der Waals surface area contributed by atoms with E-state index in [-0.39, 0.29) is 6.03 Å². The largest absolute Gasteiger partial charge is 0.353 e. The highest BCUT2D eigenvalue weighted by Gasteiger charge is 2.23. The van der Waals surface area contributed by atoms with Crippen LogP contribution in [0.4, 0.5) is 16.3 Å². The first-order valence-corrected chi connectivity index (χ1v) is 10.5. The number of aryl methyl sites for hydroxylation is 1. The van der Waals surface area contributed by atoms with Crippen molar-refractivity contribution in [1.29, 1.82) is 0 Å². The maximum absolute atomic E-state index is 12.6. The van der Waals surface area contributed by atoms with E-state index in [0.29, 0.717) is 19.0 Å². The van der Waals surface area contributed by atoms with Crippen LogP contribution >= 0.6 is 31.9 Å². The van der Waals surface area contributed by atoms with E-state index in [9.17, 15) is 4.79 Å². The van der Waals surface area contributed by atoms with Gasteiger partial charge in [-0.1, -0.05) is 29.8 Å². The van der Waals surface area contributed by atoms with Crippen LogP contribution < -0.4 is 10.2 Å². The molecule has 0 aliphatic carbocycles. The minimum atomic E-state index is -0.0839. The average molecular weight is 497 g/mol. The molecule has 1 saturated heterocycles. The van der Waals surface area contributed by atoms with E-state index in [1.165, 1.54) is 0 Å². The van der Waals surface area contributed by atoms with Crippen molar-refractivity contribution in [2.75, 3.05) is 36.4 Å². The van der Waals surface area contributed by atoms with Gasteiger partial charge in [0.25, 0.3) is 0 Å². The number of hydrogen-bond acceptors (Lipinski definition) is 4. The molecule has 2 amide bonds. The van der Waals surface area contributed by atoms with Crippen molar-refractivity contribution < 1.29 is 4.79 Å². The van der Waals surface area contributed by atoms with E-state index < -0.39 is 0 Å². The lowest BCUT2D eigenvalue weighted by Gasteiger charge is -2.35. The van der Waals surface area contributed by atoms with E-state index in [0.717, 1.165) is 45.1 Å². The summed E-state index contributed by atoms with van der Waals surface area (Å²) in [4.78, 5) is 25.9. The van der Waals surface area contributed by atoms with Gasteiger partial charge in [0.05, 0.1) is 5.69 Å². The molecule has 0 bridgehead atoms. The van der Waals surface area contributed by atoms with Gasteiger partial charge in [0.15, 0.2) is 0 Å². The molecule has 8 heteroatoms. The number of nitrogens with one attached hydrogen (secondary N) is 1. The van der Waals surface area contributed by atoms with Crippen molar-refractivity contribution >= 4 is 49.4 Å². The molecule has 1 aromatic heterocycles.